The molecular weight excluding hydrogens is 172 g/mol. The molecule has 0 aromatic heterocycles. The Bertz CT molecular complexity index is 183. The fourth-order valence-electron chi connectivity index (χ4n) is 2.40. The first kappa shape index (κ1) is 10.2. The third-order valence-corrected chi connectivity index (χ3v) is 3.41. The van der Waals surface area contributed by atoms with Gasteiger partial charge in [0.1, 0.15) is 0 Å². The Morgan fingerprint density at radius 3 is 2.71 bits per heavy atom. The summed E-state index contributed by atoms with van der Waals surface area (Å²) >= 11 is 0. The van der Waals surface area contributed by atoms with Crippen LogP contribution in [0.1, 0.15) is 32.1 Å². The quantitative estimate of drug-likeness (QED) is 0.668. The van der Waals surface area contributed by atoms with E-state index in [4.69, 9.17) is 0 Å². The Kier molecular flexibility index (Phi) is 4.02. The average molecular weight is 194 g/mol. The lowest BCUT2D eigenvalue weighted by Gasteiger charge is -2.26. The van der Waals surface area contributed by atoms with Crippen molar-refractivity contribution < 1.29 is 0 Å². The maximum absolute atomic E-state index is 3.72. The number of hydrogen-bond donors (Lipinski definition) is 2. The molecule has 0 spiro atoms. The van der Waals surface area contributed by atoms with E-state index in [9.17, 15) is 0 Å². The van der Waals surface area contributed by atoms with Gasteiger partial charge in [-0.05, 0) is 57.7 Å². The summed E-state index contributed by atoms with van der Waals surface area (Å²) in [5, 5.41) is 7.12. The van der Waals surface area contributed by atoms with E-state index in [1.807, 2.05) is 0 Å². The van der Waals surface area contributed by atoms with Gasteiger partial charge in [0.05, 0.1) is 0 Å². The van der Waals surface area contributed by atoms with Gasteiger partial charge in [0.2, 0.25) is 0 Å². The van der Waals surface area contributed by atoms with Crippen molar-refractivity contribution in [3.63, 3.8) is 0 Å². The summed E-state index contributed by atoms with van der Waals surface area (Å²) in [6.07, 6.45) is 11.2. The van der Waals surface area contributed by atoms with Gasteiger partial charge >= 0.3 is 0 Å². The van der Waals surface area contributed by atoms with Gasteiger partial charge in [-0.25, -0.2) is 0 Å². The lowest BCUT2D eigenvalue weighted by molar-refractivity contribution is 0.346. The number of piperidine rings is 1. The Hall–Kier alpha value is -0.340. The summed E-state index contributed by atoms with van der Waals surface area (Å²) in [6.45, 7) is 3.62. The molecule has 2 N–H and O–H groups in total. The third-order valence-electron chi connectivity index (χ3n) is 3.41. The van der Waals surface area contributed by atoms with Gasteiger partial charge in [0.25, 0.3) is 0 Å². The van der Waals surface area contributed by atoms with Crippen molar-refractivity contribution >= 4 is 0 Å². The van der Waals surface area contributed by atoms with Crippen LogP contribution in [0.4, 0.5) is 0 Å². The highest BCUT2D eigenvalue weighted by molar-refractivity contribution is 4.91. The van der Waals surface area contributed by atoms with E-state index >= 15 is 0 Å². The molecule has 1 fully saturated rings. The molecule has 2 nitrogen and oxygen atoms in total. The monoisotopic (exact) mass is 194 g/mol. The normalized spacial score (nSPS) is 29.3. The molecule has 0 amide bonds. The predicted octanol–water partition coefficient (Wildman–Crippen LogP) is 1.68. The van der Waals surface area contributed by atoms with E-state index in [2.05, 4.69) is 22.8 Å². The van der Waals surface area contributed by atoms with Crippen molar-refractivity contribution in [3.8, 4) is 0 Å². The molecule has 0 aromatic rings. The van der Waals surface area contributed by atoms with Crippen LogP contribution < -0.4 is 10.6 Å². The second kappa shape index (κ2) is 5.52. The van der Waals surface area contributed by atoms with Gasteiger partial charge < -0.3 is 10.6 Å². The highest BCUT2D eigenvalue weighted by atomic mass is 15.0. The van der Waals surface area contributed by atoms with Crippen molar-refractivity contribution in [2.45, 2.75) is 38.1 Å². The first-order valence-corrected chi connectivity index (χ1v) is 6.04. The molecule has 0 saturated carbocycles. The van der Waals surface area contributed by atoms with Crippen molar-refractivity contribution in [3.05, 3.63) is 12.2 Å². The molecule has 1 atom stereocenters. The molecule has 1 saturated heterocycles. The molecule has 80 valence electrons. The summed E-state index contributed by atoms with van der Waals surface area (Å²) < 4.78 is 0. The highest BCUT2D eigenvalue weighted by Crippen LogP contribution is 2.17. The standard InChI is InChI=1S/C12H22N2/c1-2-4-11(5-3-1)10-14-12-6-8-13-9-7-12/h1-2,11-14H,3-10H2. The average Bonchev–Trinajstić information content (AvgIpc) is 2.29. The number of hydrogen-bond acceptors (Lipinski definition) is 2. The van der Waals surface area contributed by atoms with E-state index in [0.717, 1.165) is 12.0 Å². The maximum Gasteiger partial charge on any atom is 0.00913 e. The fraction of sp³-hybridized carbons (Fsp3) is 0.833. The van der Waals surface area contributed by atoms with E-state index in [-0.39, 0.29) is 0 Å². The molecule has 2 aliphatic rings. The van der Waals surface area contributed by atoms with Gasteiger partial charge in [0, 0.05) is 6.04 Å². The van der Waals surface area contributed by atoms with Gasteiger partial charge in [0.15, 0.2) is 0 Å². The molecule has 0 radical (unpaired) electrons. The molecular formula is C12H22N2. The number of rotatable bonds is 3. The molecule has 2 rings (SSSR count). The first-order valence-electron chi connectivity index (χ1n) is 6.04. The van der Waals surface area contributed by atoms with Crippen LogP contribution >= 0.6 is 0 Å². The van der Waals surface area contributed by atoms with Crippen molar-refractivity contribution in [1.82, 2.24) is 10.6 Å². The maximum atomic E-state index is 3.72. The van der Waals surface area contributed by atoms with Crippen molar-refractivity contribution in [1.29, 1.82) is 0 Å². The van der Waals surface area contributed by atoms with Gasteiger partial charge in [-0.3, -0.25) is 0 Å². The van der Waals surface area contributed by atoms with Crippen LogP contribution in [-0.4, -0.2) is 25.7 Å². The zero-order valence-corrected chi connectivity index (χ0v) is 8.97. The topological polar surface area (TPSA) is 24.1 Å². The Balaban J connectivity index is 1.63. The zero-order chi connectivity index (χ0) is 9.64. The summed E-state index contributed by atoms with van der Waals surface area (Å²) in [4.78, 5) is 0. The zero-order valence-electron chi connectivity index (χ0n) is 8.97. The van der Waals surface area contributed by atoms with E-state index < -0.39 is 0 Å². The van der Waals surface area contributed by atoms with Crippen molar-refractivity contribution in [2.75, 3.05) is 19.6 Å². The number of allylic oxidation sites excluding steroid dienone is 2. The molecule has 0 bridgehead atoms. The lowest BCUT2D eigenvalue weighted by Crippen LogP contribution is -2.41. The SMILES string of the molecule is C1=CCC(CNC2CCNCC2)CC1. The van der Waals surface area contributed by atoms with Crippen LogP contribution in [-0.2, 0) is 0 Å². The van der Waals surface area contributed by atoms with Crippen molar-refractivity contribution in [2.24, 2.45) is 5.92 Å². The fourth-order valence-corrected chi connectivity index (χ4v) is 2.40. The summed E-state index contributed by atoms with van der Waals surface area (Å²) in [7, 11) is 0. The third kappa shape index (κ3) is 3.10. The first-order chi connectivity index (χ1) is 6.95. The number of nitrogens with one attached hydrogen (secondary N) is 2. The van der Waals surface area contributed by atoms with Gasteiger partial charge in [-0.15, -0.1) is 0 Å². The summed E-state index contributed by atoms with van der Waals surface area (Å²) in [5.74, 6) is 0.898. The van der Waals surface area contributed by atoms with Gasteiger partial charge in [-0.2, -0.15) is 0 Å². The molecule has 1 aliphatic carbocycles. The second-order valence-electron chi connectivity index (χ2n) is 4.58. The minimum Gasteiger partial charge on any atom is -0.317 e. The van der Waals surface area contributed by atoms with E-state index in [0.29, 0.717) is 0 Å². The largest absolute Gasteiger partial charge is 0.317 e. The molecule has 2 heteroatoms. The molecule has 0 aromatic carbocycles. The Morgan fingerprint density at radius 1 is 1.14 bits per heavy atom. The molecule has 1 unspecified atom stereocenters. The second-order valence-corrected chi connectivity index (χ2v) is 4.58. The molecule has 1 aliphatic heterocycles. The van der Waals surface area contributed by atoms with Crippen LogP contribution in [0.3, 0.4) is 0 Å². The minimum absolute atomic E-state index is 0.780. The van der Waals surface area contributed by atoms with Crippen LogP contribution in [0.5, 0.6) is 0 Å². The van der Waals surface area contributed by atoms with Crippen LogP contribution in [0.15, 0.2) is 12.2 Å². The predicted molar refractivity (Wildman–Crippen MR) is 60.4 cm³/mol. The van der Waals surface area contributed by atoms with Crippen LogP contribution in [0.2, 0.25) is 0 Å². The summed E-state index contributed by atoms with van der Waals surface area (Å²) in [5.41, 5.74) is 0. The van der Waals surface area contributed by atoms with Crippen LogP contribution in [0, 0.1) is 5.92 Å². The lowest BCUT2D eigenvalue weighted by atomic mass is 9.94. The van der Waals surface area contributed by atoms with E-state index in [1.165, 1.54) is 51.7 Å². The smallest absolute Gasteiger partial charge is 0.00913 e. The minimum atomic E-state index is 0.780. The van der Waals surface area contributed by atoms with E-state index in [1.54, 1.807) is 0 Å². The van der Waals surface area contributed by atoms with Gasteiger partial charge in [-0.1, -0.05) is 12.2 Å². The summed E-state index contributed by atoms with van der Waals surface area (Å²) in [6, 6.07) is 0.780. The molecule has 14 heavy (non-hydrogen) atoms. The Labute approximate surface area is 87.2 Å². The molecule has 1 heterocycles. The highest BCUT2D eigenvalue weighted by Gasteiger charge is 2.15. The van der Waals surface area contributed by atoms with Crippen LogP contribution in [0.25, 0.3) is 0 Å². The Morgan fingerprint density at radius 2 is 2.00 bits per heavy atom.